The lowest BCUT2D eigenvalue weighted by Crippen LogP contribution is -2.41. The summed E-state index contributed by atoms with van der Waals surface area (Å²) in [6.45, 7) is 3.98. The molecule has 0 aliphatic heterocycles. The van der Waals surface area contributed by atoms with Crippen molar-refractivity contribution >= 4 is 23.7 Å². The third kappa shape index (κ3) is 5.48. The first-order chi connectivity index (χ1) is 16.8. The topological polar surface area (TPSA) is 118 Å². The Morgan fingerprint density at radius 3 is 2.23 bits per heavy atom. The quantitative estimate of drug-likeness (QED) is 0.438. The van der Waals surface area contributed by atoms with Crippen molar-refractivity contribution in [3.8, 4) is 11.1 Å². The van der Waals surface area contributed by atoms with Crippen molar-refractivity contribution in [2.45, 2.75) is 32.2 Å². The van der Waals surface area contributed by atoms with Crippen molar-refractivity contribution in [3.63, 3.8) is 0 Å². The zero-order valence-electron chi connectivity index (χ0n) is 19.5. The molecule has 35 heavy (non-hydrogen) atoms. The standard InChI is InChI=1S/C27H27N3O5/c1-16(2)24(12-25(31)29-18-11-17(26(32)33)13-28-14-18)30-27(34)35-15-23-21-9-5-3-7-19(21)20-8-4-6-10-22(20)23/h3-11,13-14,16,23-24H,12,15H2,1-2H3,(H,29,31)(H,30,34)(H,32,33)/t24-/m0/s1. The minimum Gasteiger partial charge on any atom is -0.478 e. The molecule has 3 aromatic rings. The van der Waals surface area contributed by atoms with E-state index in [9.17, 15) is 14.4 Å². The van der Waals surface area contributed by atoms with Crippen LogP contribution in [0.3, 0.4) is 0 Å². The molecule has 1 aliphatic rings. The predicted molar refractivity (Wildman–Crippen MR) is 131 cm³/mol. The maximum Gasteiger partial charge on any atom is 0.407 e. The monoisotopic (exact) mass is 473 g/mol. The lowest BCUT2D eigenvalue weighted by molar-refractivity contribution is -0.116. The number of nitrogens with zero attached hydrogens (tertiary/aromatic N) is 1. The van der Waals surface area contributed by atoms with Crippen molar-refractivity contribution in [1.82, 2.24) is 10.3 Å². The van der Waals surface area contributed by atoms with Crippen LogP contribution in [0.2, 0.25) is 0 Å². The molecule has 8 heteroatoms. The summed E-state index contributed by atoms with van der Waals surface area (Å²) in [4.78, 5) is 40.1. The Kier molecular flexibility index (Phi) is 7.10. The fourth-order valence-corrected chi connectivity index (χ4v) is 4.28. The molecule has 0 spiro atoms. The first-order valence-electron chi connectivity index (χ1n) is 11.4. The number of hydrogen-bond donors (Lipinski definition) is 3. The van der Waals surface area contributed by atoms with Crippen LogP contribution in [0.5, 0.6) is 0 Å². The molecule has 8 nitrogen and oxygen atoms in total. The number of pyridine rings is 1. The van der Waals surface area contributed by atoms with Crippen molar-refractivity contribution in [2.75, 3.05) is 11.9 Å². The summed E-state index contributed by atoms with van der Waals surface area (Å²) in [6.07, 6.45) is 1.98. The van der Waals surface area contributed by atoms with E-state index in [4.69, 9.17) is 9.84 Å². The van der Waals surface area contributed by atoms with Gasteiger partial charge in [-0.3, -0.25) is 9.78 Å². The van der Waals surface area contributed by atoms with Crippen molar-refractivity contribution in [1.29, 1.82) is 0 Å². The van der Waals surface area contributed by atoms with E-state index in [0.717, 1.165) is 22.3 Å². The van der Waals surface area contributed by atoms with Gasteiger partial charge in [-0.25, -0.2) is 9.59 Å². The number of amides is 2. The van der Waals surface area contributed by atoms with Crippen molar-refractivity contribution in [2.24, 2.45) is 5.92 Å². The van der Waals surface area contributed by atoms with Crippen molar-refractivity contribution in [3.05, 3.63) is 83.7 Å². The summed E-state index contributed by atoms with van der Waals surface area (Å²) in [5.41, 5.74) is 4.79. The Balaban J connectivity index is 1.36. The van der Waals surface area contributed by atoms with Gasteiger partial charge in [0, 0.05) is 24.6 Å². The average molecular weight is 474 g/mol. The molecule has 0 unspecified atom stereocenters. The van der Waals surface area contributed by atoms with Gasteiger partial charge in [-0.2, -0.15) is 0 Å². The van der Waals surface area contributed by atoms with E-state index >= 15 is 0 Å². The third-order valence-corrected chi connectivity index (χ3v) is 6.13. The Morgan fingerprint density at radius 1 is 1.00 bits per heavy atom. The molecule has 0 fully saturated rings. The number of hydrogen-bond acceptors (Lipinski definition) is 5. The second-order valence-corrected chi connectivity index (χ2v) is 8.84. The first-order valence-corrected chi connectivity index (χ1v) is 11.4. The minimum atomic E-state index is -1.13. The van der Waals surface area contributed by atoms with E-state index < -0.39 is 18.1 Å². The van der Waals surface area contributed by atoms with E-state index in [-0.39, 0.29) is 42.0 Å². The fraction of sp³-hybridized carbons (Fsp3) is 0.259. The number of carboxylic acid groups (broad SMARTS) is 1. The summed E-state index contributed by atoms with van der Waals surface area (Å²) >= 11 is 0. The number of nitrogens with one attached hydrogen (secondary N) is 2. The Hall–Kier alpha value is -4.20. The van der Waals surface area contributed by atoms with Gasteiger partial charge in [0.25, 0.3) is 0 Å². The highest BCUT2D eigenvalue weighted by molar-refractivity contribution is 5.93. The Bertz CT molecular complexity index is 1210. The summed E-state index contributed by atoms with van der Waals surface area (Å²) in [5, 5.41) is 14.5. The van der Waals surface area contributed by atoms with Crippen LogP contribution in [0.4, 0.5) is 10.5 Å². The fourth-order valence-electron chi connectivity index (χ4n) is 4.28. The number of anilines is 1. The number of carbonyl (C=O) groups is 3. The van der Waals surface area contributed by atoms with E-state index in [1.165, 1.54) is 18.5 Å². The number of carbonyl (C=O) groups excluding carboxylic acids is 2. The molecular formula is C27H27N3O5. The van der Waals surface area contributed by atoms with Gasteiger partial charge in [0.05, 0.1) is 17.4 Å². The summed E-state index contributed by atoms with van der Waals surface area (Å²) in [7, 11) is 0. The van der Waals surface area contributed by atoms with Gasteiger partial charge in [0.1, 0.15) is 6.61 Å². The molecule has 1 aliphatic carbocycles. The molecule has 0 bridgehead atoms. The molecule has 2 aromatic carbocycles. The van der Waals surface area contributed by atoms with Gasteiger partial charge < -0.3 is 20.5 Å². The molecular weight excluding hydrogens is 446 g/mol. The molecule has 180 valence electrons. The molecule has 0 saturated carbocycles. The van der Waals surface area contributed by atoms with Crippen LogP contribution in [-0.4, -0.2) is 40.7 Å². The maximum atomic E-state index is 12.7. The van der Waals surface area contributed by atoms with E-state index in [1.807, 2.05) is 38.1 Å². The number of carboxylic acids is 1. The average Bonchev–Trinajstić information content (AvgIpc) is 3.16. The zero-order valence-corrected chi connectivity index (χ0v) is 19.5. The third-order valence-electron chi connectivity index (χ3n) is 6.13. The highest BCUT2D eigenvalue weighted by Gasteiger charge is 2.29. The lowest BCUT2D eigenvalue weighted by Gasteiger charge is -2.22. The number of aromatic carboxylic acids is 1. The number of fused-ring (bicyclic) bond motifs is 3. The normalized spacial score (nSPS) is 13.0. The lowest BCUT2D eigenvalue weighted by atomic mass is 9.98. The van der Waals surface area contributed by atoms with Gasteiger partial charge in [0.2, 0.25) is 5.91 Å². The van der Waals surface area contributed by atoms with Crippen LogP contribution in [0.1, 0.15) is 47.7 Å². The largest absolute Gasteiger partial charge is 0.478 e. The van der Waals surface area contributed by atoms with Crippen LogP contribution >= 0.6 is 0 Å². The molecule has 1 aromatic heterocycles. The highest BCUT2D eigenvalue weighted by atomic mass is 16.5. The first kappa shape index (κ1) is 23.9. The van der Waals surface area contributed by atoms with Gasteiger partial charge in [-0.05, 0) is 34.2 Å². The van der Waals surface area contributed by atoms with Crippen LogP contribution < -0.4 is 10.6 Å². The second-order valence-electron chi connectivity index (χ2n) is 8.84. The number of rotatable bonds is 8. The SMILES string of the molecule is CC(C)[C@H](CC(=O)Nc1cncc(C(=O)O)c1)NC(=O)OCC1c2ccccc2-c2ccccc21. The molecule has 1 atom stereocenters. The van der Waals surface area contributed by atoms with E-state index in [1.54, 1.807) is 0 Å². The highest BCUT2D eigenvalue weighted by Crippen LogP contribution is 2.44. The second kappa shape index (κ2) is 10.4. The van der Waals surface area contributed by atoms with E-state index in [2.05, 4.69) is 39.9 Å². The predicted octanol–water partition coefficient (Wildman–Crippen LogP) is 4.67. The molecule has 4 rings (SSSR count). The van der Waals surface area contributed by atoms with Crippen LogP contribution in [0.15, 0.2) is 67.0 Å². The van der Waals surface area contributed by atoms with Crippen LogP contribution in [0.25, 0.3) is 11.1 Å². The molecule has 2 amide bonds. The van der Waals surface area contributed by atoms with Gasteiger partial charge >= 0.3 is 12.1 Å². The van der Waals surface area contributed by atoms with Gasteiger partial charge in [-0.1, -0.05) is 62.4 Å². The Morgan fingerprint density at radius 2 is 1.63 bits per heavy atom. The van der Waals surface area contributed by atoms with Gasteiger partial charge in [0.15, 0.2) is 0 Å². The van der Waals surface area contributed by atoms with Crippen LogP contribution in [0, 0.1) is 5.92 Å². The van der Waals surface area contributed by atoms with Crippen LogP contribution in [-0.2, 0) is 9.53 Å². The van der Waals surface area contributed by atoms with Crippen molar-refractivity contribution < 1.29 is 24.2 Å². The van der Waals surface area contributed by atoms with Gasteiger partial charge in [-0.15, -0.1) is 0 Å². The molecule has 0 radical (unpaired) electrons. The summed E-state index contributed by atoms with van der Waals surface area (Å²) in [6, 6.07) is 17.1. The summed E-state index contributed by atoms with van der Waals surface area (Å²) < 4.78 is 5.61. The number of ether oxygens (including phenoxy) is 1. The molecule has 1 heterocycles. The molecule has 3 N–H and O–H groups in total. The zero-order chi connectivity index (χ0) is 24.9. The smallest absolute Gasteiger partial charge is 0.407 e. The summed E-state index contributed by atoms with van der Waals surface area (Å²) in [5.74, 6) is -1.59. The number of alkyl carbamates (subject to hydrolysis) is 1. The van der Waals surface area contributed by atoms with E-state index in [0.29, 0.717) is 0 Å². The minimum absolute atomic E-state index is 0.000832. The number of aromatic nitrogens is 1. The molecule has 0 saturated heterocycles. The Labute approximate surface area is 203 Å². The maximum absolute atomic E-state index is 12.7. The number of benzene rings is 2.